The number of halogens is 1. The van der Waals surface area contributed by atoms with Gasteiger partial charge < -0.3 is 20.7 Å². The van der Waals surface area contributed by atoms with Gasteiger partial charge in [0.05, 0.1) is 19.3 Å². The third-order valence-electron chi connectivity index (χ3n) is 2.38. The van der Waals surface area contributed by atoms with Crippen LogP contribution < -0.4 is 20.7 Å². The number of methoxy groups -OCH3 is 1. The number of urea groups is 1. The summed E-state index contributed by atoms with van der Waals surface area (Å²) in [5.74, 6) is 0.218. The molecule has 0 spiro atoms. The normalized spacial score (nSPS) is 9.55. The van der Waals surface area contributed by atoms with Crippen molar-refractivity contribution in [1.29, 1.82) is 0 Å². The molecule has 20 heavy (non-hydrogen) atoms. The smallest absolute Gasteiger partial charge is 0.319 e. The Bertz CT molecular complexity index is 532. The number of benzene rings is 1. The minimum absolute atomic E-state index is 0.245. The Kier molecular flexibility index (Phi) is 6.05. The van der Waals surface area contributed by atoms with Crippen molar-refractivity contribution >= 4 is 33.6 Å². The molecule has 0 aliphatic heterocycles. The summed E-state index contributed by atoms with van der Waals surface area (Å²) >= 11 is 3.14. The third-order valence-corrected chi connectivity index (χ3v) is 2.66. The topological polar surface area (TPSA) is 79.5 Å². The first-order valence-corrected chi connectivity index (χ1v) is 6.55. The number of carbonyl (C=O) groups is 2. The van der Waals surface area contributed by atoms with Gasteiger partial charge in [-0.15, -0.1) is 0 Å². The minimum Gasteiger partial charge on any atom is -0.495 e. The van der Waals surface area contributed by atoms with Crippen LogP contribution in [-0.4, -0.2) is 32.6 Å². The van der Waals surface area contributed by atoms with E-state index in [1.54, 1.807) is 18.2 Å². The maximum absolute atomic E-state index is 11.7. The van der Waals surface area contributed by atoms with Crippen molar-refractivity contribution in [1.82, 2.24) is 10.6 Å². The molecule has 3 N–H and O–H groups in total. The quantitative estimate of drug-likeness (QED) is 0.767. The summed E-state index contributed by atoms with van der Waals surface area (Å²) in [7, 11) is 3.02. The summed E-state index contributed by atoms with van der Waals surface area (Å²) < 4.78 is 5.79. The molecule has 0 aliphatic rings. The van der Waals surface area contributed by atoms with E-state index < -0.39 is 6.03 Å². The number of carbonyl (C=O) groups excluding carboxylic acids is 2. The Hall–Kier alpha value is -2.02. The highest BCUT2D eigenvalue weighted by Crippen LogP contribution is 2.25. The van der Waals surface area contributed by atoms with Gasteiger partial charge in [-0.3, -0.25) is 4.79 Å². The molecule has 7 heteroatoms. The van der Waals surface area contributed by atoms with E-state index in [4.69, 9.17) is 4.74 Å². The van der Waals surface area contributed by atoms with E-state index in [0.29, 0.717) is 28.0 Å². The average molecular weight is 342 g/mol. The Balaban J connectivity index is 2.88. The predicted molar refractivity (Wildman–Crippen MR) is 81.5 cm³/mol. The van der Waals surface area contributed by atoms with Gasteiger partial charge in [0.2, 0.25) is 0 Å². The zero-order valence-electron chi connectivity index (χ0n) is 11.2. The minimum atomic E-state index is -0.419. The standard InChI is InChI=1S/C13H16BrN3O3/c1-8(14)7-16-13(19)17-10-6-9(12(18)15-2)4-5-11(10)20-3/h4-6H,1,7H2,2-3H3,(H,15,18)(H2,16,17,19). The molecule has 0 saturated heterocycles. The molecule has 0 saturated carbocycles. The second-order valence-corrected chi connectivity index (χ2v) is 4.94. The molecule has 108 valence electrons. The van der Waals surface area contributed by atoms with Crippen LogP contribution >= 0.6 is 15.9 Å². The van der Waals surface area contributed by atoms with Crippen molar-refractivity contribution < 1.29 is 14.3 Å². The van der Waals surface area contributed by atoms with Gasteiger partial charge in [0.25, 0.3) is 5.91 Å². The first-order chi connectivity index (χ1) is 9.47. The number of anilines is 1. The Morgan fingerprint density at radius 3 is 2.65 bits per heavy atom. The highest BCUT2D eigenvalue weighted by molar-refractivity contribution is 9.11. The fourth-order valence-electron chi connectivity index (χ4n) is 1.43. The molecular formula is C13H16BrN3O3. The molecule has 1 aromatic carbocycles. The van der Waals surface area contributed by atoms with Crippen molar-refractivity contribution in [3.8, 4) is 5.75 Å². The second kappa shape index (κ2) is 7.54. The summed E-state index contributed by atoms with van der Waals surface area (Å²) in [6.45, 7) is 3.91. The zero-order valence-corrected chi connectivity index (χ0v) is 12.8. The fourth-order valence-corrected chi connectivity index (χ4v) is 1.57. The van der Waals surface area contributed by atoms with Gasteiger partial charge in [-0.2, -0.15) is 0 Å². The number of amides is 3. The van der Waals surface area contributed by atoms with Crippen LogP contribution in [0.25, 0.3) is 0 Å². The van der Waals surface area contributed by atoms with E-state index in [0.717, 1.165) is 0 Å². The van der Waals surface area contributed by atoms with Crippen molar-refractivity contribution in [3.63, 3.8) is 0 Å². The van der Waals surface area contributed by atoms with Gasteiger partial charge in [0, 0.05) is 17.1 Å². The van der Waals surface area contributed by atoms with E-state index >= 15 is 0 Å². The number of nitrogens with one attached hydrogen (secondary N) is 3. The van der Waals surface area contributed by atoms with Crippen LogP contribution in [0.4, 0.5) is 10.5 Å². The SMILES string of the molecule is C=C(Br)CNC(=O)Nc1cc(C(=O)NC)ccc1OC. The first kappa shape index (κ1) is 16.0. The number of ether oxygens (including phenoxy) is 1. The monoisotopic (exact) mass is 341 g/mol. The summed E-state index contributed by atoms with van der Waals surface area (Å²) in [5, 5.41) is 7.72. The van der Waals surface area contributed by atoms with E-state index in [9.17, 15) is 9.59 Å². The Morgan fingerprint density at radius 2 is 2.10 bits per heavy atom. The van der Waals surface area contributed by atoms with Gasteiger partial charge >= 0.3 is 6.03 Å². The first-order valence-electron chi connectivity index (χ1n) is 5.76. The summed E-state index contributed by atoms with van der Waals surface area (Å²) in [4.78, 5) is 23.3. The second-order valence-electron chi connectivity index (χ2n) is 3.82. The lowest BCUT2D eigenvalue weighted by Crippen LogP contribution is -2.29. The predicted octanol–water partition coefficient (Wildman–Crippen LogP) is 2.08. The molecule has 1 aromatic rings. The number of hydrogen-bond acceptors (Lipinski definition) is 3. The van der Waals surface area contributed by atoms with Crippen LogP contribution in [0.3, 0.4) is 0 Å². The van der Waals surface area contributed by atoms with Crippen LogP contribution in [0.15, 0.2) is 29.3 Å². The van der Waals surface area contributed by atoms with Gasteiger partial charge in [0.1, 0.15) is 5.75 Å². The summed E-state index contributed by atoms with van der Waals surface area (Å²) in [6, 6.07) is 4.35. The molecule has 0 atom stereocenters. The van der Waals surface area contributed by atoms with Crippen molar-refractivity contribution in [2.45, 2.75) is 0 Å². The third kappa shape index (κ3) is 4.58. The fraction of sp³-hybridized carbons (Fsp3) is 0.231. The van der Waals surface area contributed by atoms with E-state index in [1.165, 1.54) is 14.2 Å². The maximum Gasteiger partial charge on any atom is 0.319 e. The zero-order chi connectivity index (χ0) is 15.1. The van der Waals surface area contributed by atoms with E-state index in [-0.39, 0.29) is 5.91 Å². The molecule has 6 nitrogen and oxygen atoms in total. The summed E-state index contributed by atoms with van der Waals surface area (Å²) in [6.07, 6.45) is 0. The van der Waals surface area contributed by atoms with E-state index in [1.807, 2.05) is 0 Å². The lowest BCUT2D eigenvalue weighted by Gasteiger charge is -2.12. The highest BCUT2D eigenvalue weighted by atomic mass is 79.9. The molecule has 0 heterocycles. The molecule has 0 bridgehead atoms. The molecule has 3 amide bonds. The molecule has 0 aromatic heterocycles. The van der Waals surface area contributed by atoms with Crippen molar-refractivity contribution in [2.24, 2.45) is 0 Å². The number of hydrogen-bond donors (Lipinski definition) is 3. The van der Waals surface area contributed by atoms with Crippen molar-refractivity contribution in [3.05, 3.63) is 34.8 Å². The molecule has 1 rings (SSSR count). The Labute approximate surface area is 125 Å². The van der Waals surface area contributed by atoms with Gasteiger partial charge in [-0.1, -0.05) is 22.5 Å². The van der Waals surface area contributed by atoms with Crippen molar-refractivity contribution in [2.75, 3.05) is 26.0 Å². The lowest BCUT2D eigenvalue weighted by molar-refractivity contribution is 0.0963. The van der Waals surface area contributed by atoms with Crippen LogP contribution in [0.1, 0.15) is 10.4 Å². The molecule has 0 radical (unpaired) electrons. The van der Waals surface area contributed by atoms with Crippen LogP contribution in [0.2, 0.25) is 0 Å². The van der Waals surface area contributed by atoms with E-state index in [2.05, 4.69) is 38.5 Å². The lowest BCUT2D eigenvalue weighted by atomic mass is 10.1. The molecule has 0 aliphatic carbocycles. The van der Waals surface area contributed by atoms with Gasteiger partial charge in [-0.25, -0.2) is 4.79 Å². The molecule has 0 unspecified atom stereocenters. The maximum atomic E-state index is 11.7. The van der Waals surface area contributed by atoms with Crippen LogP contribution in [0.5, 0.6) is 5.75 Å². The van der Waals surface area contributed by atoms with Crippen LogP contribution in [-0.2, 0) is 0 Å². The van der Waals surface area contributed by atoms with Crippen LogP contribution in [0, 0.1) is 0 Å². The summed E-state index contributed by atoms with van der Waals surface area (Å²) in [5.41, 5.74) is 0.833. The van der Waals surface area contributed by atoms with Gasteiger partial charge in [0.15, 0.2) is 0 Å². The van der Waals surface area contributed by atoms with Gasteiger partial charge in [-0.05, 0) is 18.2 Å². The molecule has 0 fully saturated rings. The molecular weight excluding hydrogens is 326 g/mol. The average Bonchev–Trinajstić information content (AvgIpc) is 2.44. The highest BCUT2D eigenvalue weighted by Gasteiger charge is 2.11. The Morgan fingerprint density at radius 1 is 1.40 bits per heavy atom. The number of rotatable bonds is 5. The largest absolute Gasteiger partial charge is 0.495 e.